The number of hydrogen-bond donors (Lipinski definition) is 1. The molecule has 0 spiro atoms. The van der Waals surface area contributed by atoms with E-state index in [2.05, 4.69) is 5.32 Å². The minimum atomic E-state index is -0.532. The van der Waals surface area contributed by atoms with Crippen molar-refractivity contribution in [3.8, 4) is 0 Å². The molecule has 1 atom stereocenters. The van der Waals surface area contributed by atoms with Gasteiger partial charge in [-0.05, 0) is 42.5 Å². The van der Waals surface area contributed by atoms with E-state index >= 15 is 0 Å². The number of benzene rings is 2. The van der Waals surface area contributed by atoms with Crippen LogP contribution in [0, 0.1) is 5.82 Å². The topological polar surface area (TPSA) is 49.4 Å². The van der Waals surface area contributed by atoms with Crippen molar-refractivity contribution in [1.82, 2.24) is 10.2 Å². The Morgan fingerprint density at radius 2 is 1.74 bits per heavy atom. The molecule has 6 heteroatoms. The van der Waals surface area contributed by atoms with Crippen LogP contribution in [0.1, 0.15) is 50.2 Å². The first-order valence-corrected chi connectivity index (χ1v) is 12.2. The molecule has 2 amide bonds. The molecule has 2 aromatic carbocycles. The molecule has 0 radical (unpaired) electrons. The Kier molecular flexibility index (Phi) is 8.95. The van der Waals surface area contributed by atoms with E-state index in [4.69, 9.17) is 0 Å². The van der Waals surface area contributed by atoms with Crippen LogP contribution in [0.4, 0.5) is 4.39 Å². The summed E-state index contributed by atoms with van der Waals surface area (Å²) in [5.74, 6) is 0.563. The standard InChI is InChI=1S/C25H31FN2O2S/c1-2-23(25(30)27-22-10-6-7-11-22)28(16-19-12-14-21(26)15-13-19)24(29)18-31-17-20-8-4-3-5-9-20/h3-5,8-9,12-15,22-23H,2,6-7,10-11,16-18H2,1H3,(H,27,30)/t23-/m0/s1. The zero-order valence-corrected chi connectivity index (χ0v) is 18.9. The van der Waals surface area contributed by atoms with Crippen LogP contribution < -0.4 is 5.32 Å². The van der Waals surface area contributed by atoms with E-state index in [9.17, 15) is 14.0 Å². The minimum Gasteiger partial charge on any atom is -0.352 e. The van der Waals surface area contributed by atoms with E-state index in [-0.39, 0.29) is 23.7 Å². The van der Waals surface area contributed by atoms with Gasteiger partial charge < -0.3 is 10.2 Å². The number of hydrogen-bond acceptors (Lipinski definition) is 3. The first-order chi connectivity index (χ1) is 15.1. The largest absolute Gasteiger partial charge is 0.352 e. The molecule has 1 aliphatic rings. The van der Waals surface area contributed by atoms with Crippen LogP contribution in [0.3, 0.4) is 0 Å². The predicted molar refractivity (Wildman–Crippen MR) is 124 cm³/mol. The van der Waals surface area contributed by atoms with Crippen LogP contribution in [0.15, 0.2) is 54.6 Å². The Bertz CT molecular complexity index is 838. The summed E-state index contributed by atoms with van der Waals surface area (Å²) < 4.78 is 13.3. The molecule has 31 heavy (non-hydrogen) atoms. The van der Waals surface area contributed by atoms with Crippen LogP contribution in [0.5, 0.6) is 0 Å². The lowest BCUT2D eigenvalue weighted by atomic mass is 10.1. The van der Waals surface area contributed by atoms with Crippen LogP contribution in [-0.2, 0) is 21.9 Å². The first-order valence-electron chi connectivity index (χ1n) is 11.0. The monoisotopic (exact) mass is 442 g/mol. The Balaban J connectivity index is 1.69. The van der Waals surface area contributed by atoms with E-state index in [1.54, 1.807) is 28.8 Å². The second-order valence-corrected chi connectivity index (χ2v) is 9.03. The van der Waals surface area contributed by atoms with Gasteiger partial charge in [0.05, 0.1) is 5.75 Å². The van der Waals surface area contributed by atoms with E-state index in [1.807, 2.05) is 37.3 Å². The highest BCUT2D eigenvalue weighted by molar-refractivity contribution is 7.99. The van der Waals surface area contributed by atoms with Crippen molar-refractivity contribution in [1.29, 1.82) is 0 Å². The quantitative estimate of drug-likeness (QED) is 0.568. The fraction of sp³-hybridized carbons (Fsp3) is 0.440. The molecule has 2 aromatic rings. The average molecular weight is 443 g/mol. The number of nitrogens with zero attached hydrogens (tertiary/aromatic N) is 1. The summed E-state index contributed by atoms with van der Waals surface area (Å²) in [5.41, 5.74) is 1.98. The molecule has 1 N–H and O–H groups in total. The molecule has 1 saturated carbocycles. The van der Waals surface area contributed by atoms with Crippen molar-refractivity contribution in [3.63, 3.8) is 0 Å². The highest BCUT2D eigenvalue weighted by Gasteiger charge is 2.30. The lowest BCUT2D eigenvalue weighted by Gasteiger charge is -2.31. The Labute approximate surface area is 188 Å². The summed E-state index contributed by atoms with van der Waals surface area (Å²) in [6.45, 7) is 2.22. The molecule has 1 aliphatic carbocycles. The average Bonchev–Trinajstić information content (AvgIpc) is 3.28. The number of amides is 2. The SMILES string of the molecule is CC[C@@H](C(=O)NC1CCCC1)N(Cc1ccc(F)cc1)C(=O)CSCc1ccccc1. The minimum absolute atomic E-state index is 0.0707. The van der Waals surface area contributed by atoms with Crippen molar-refractivity contribution in [2.24, 2.45) is 0 Å². The molecule has 4 nitrogen and oxygen atoms in total. The van der Waals surface area contributed by atoms with Gasteiger partial charge in [-0.25, -0.2) is 4.39 Å². The maximum atomic E-state index is 13.3. The highest BCUT2D eigenvalue weighted by Crippen LogP contribution is 2.20. The molecular formula is C25H31FN2O2S. The van der Waals surface area contributed by atoms with E-state index in [1.165, 1.54) is 12.1 Å². The Hall–Kier alpha value is -2.34. The number of nitrogens with one attached hydrogen (secondary N) is 1. The van der Waals surface area contributed by atoms with Gasteiger partial charge in [-0.3, -0.25) is 9.59 Å². The summed E-state index contributed by atoms with van der Waals surface area (Å²) in [7, 11) is 0. The van der Waals surface area contributed by atoms with Crippen LogP contribution >= 0.6 is 11.8 Å². The lowest BCUT2D eigenvalue weighted by Crippen LogP contribution is -2.51. The maximum Gasteiger partial charge on any atom is 0.243 e. The fourth-order valence-electron chi connectivity index (χ4n) is 3.99. The zero-order valence-electron chi connectivity index (χ0n) is 18.1. The molecule has 0 bridgehead atoms. The summed E-state index contributed by atoms with van der Waals surface area (Å²) in [6.07, 6.45) is 4.81. The molecule has 0 heterocycles. The predicted octanol–water partition coefficient (Wildman–Crippen LogP) is 4.93. The van der Waals surface area contributed by atoms with Gasteiger partial charge in [-0.15, -0.1) is 11.8 Å². The summed E-state index contributed by atoms with van der Waals surface area (Å²) in [5, 5.41) is 3.14. The Morgan fingerprint density at radius 1 is 1.06 bits per heavy atom. The van der Waals surface area contributed by atoms with Crippen LogP contribution in [0.2, 0.25) is 0 Å². The van der Waals surface area contributed by atoms with E-state index in [0.29, 0.717) is 18.7 Å². The van der Waals surface area contributed by atoms with Gasteiger partial charge in [0, 0.05) is 18.3 Å². The molecule has 0 saturated heterocycles. The van der Waals surface area contributed by atoms with Crippen molar-refractivity contribution in [2.75, 3.05) is 5.75 Å². The second kappa shape index (κ2) is 11.9. The van der Waals surface area contributed by atoms with Gasteiger partial charge in [0.25, 0.3) is 0 Å². The van der Waals surface area contributed by atoms with E-state index in [0.717, 1.165) is 42.6 Å². The number of thioether (sulfide) groups is 1. The lowest BCUT2D eigenvalue weighted by molar-refractivity contribution is -0.139. The van der Waals surface area contributed by atoms with Crippen molar-refractivity contribution < 1.29 is 14.0 Å². The van der Waals surface area contributed by atoms with Crippen molar-refractivity contribution in [3.05, 3.63) is 71.5 Å². The van der Waals surface area contributed by atoms with Crippen molar-refractivity contribution in [2.45, 2.75) is 63.4 Å². The van der Waals surface area contributed by atoms with Gasteiger partial charge in [0.2, 0.25) is 11.8 Å². The van der Waals surface area contributed by atoms with Crippen LogP contribution in [0.25, 0.3) is 0 Å². The molecule has 0 aromatic heterocycles. The highest BCUT2D eigenvalue weighted by atomic mass is 32.2. The van der Waals surface area contributed by atoms with Gasteiger partial charge >= 0.3 is 0 Å². The third-order valence-electron chi connectivity index (χ3n) is 5.69. The first kappa shape index (κ1) is 23.3. The summed E-state index contributed by atoms with van der Waals surface area (Å²) in [6, 6.07) is 15.8. The molecule has 1 fully saturated rings. The fourth-order valence-corrected chi connectivity index (χ4v) is 4.86. The van der Waals surface area contributed by atoms with E-state index < -0.39 is 6.04 Å². The molecule has 166 valence electrons. The summed E-state index contributed by atoms with van der Waals surface area (Å²) >= 11 is 1.55. The number of halogens is 1. The number of carbonyl (C=O) groups is 2. The molecule has 0 unspecified atom stereocenters. The van der Waals surface area contributed by atoms with Crippen molar-refractivity contribution >= 4 is 23.6 Å². The number of carbonyl (C=O) groups excluding carboxylic acids is 2. The Morgan fingerprint density at radius 3 is 2.39 bits per heavy atom. The molecular weight excluding hydrogens is 411 g/mol. The molecule has 3 rings (SSSR count). The van der Waals surface area contributed by atoms with Gasteiger partial charge in [0.15, 0.2) is 0 Å². The normalized spacial score (nSPS) is 14.9. The van der Waals surface area contributed by atoms with Gasteiger partial charge in [0.1, 0.15) is 11.9 Å². The van der Waals surface area contributed by atoms with Gasteiger partial charge in [-0.2, -0.15) is 0 Å². The smallest absolute Gasteiger partial charge is 0.243 e. The third-order valence-corrected chi connectivity index (χ3v) is 6.68. The third kappa shape index (κ3) is 7.10. The second-order valence-electron chi connectivity index (χ2n) is 8.04. The maximum absolute atomic E-state index is 13.3. The van der Waals surface area contributed by atoms with Crippen LogP contribution in [-0.4, -0.2) is 34.6 Å². The summed E-state index contributed by atoms with van der Waals surface area (Å²) in [4.78, 5) is 27.9. The number of rotatable bonds is 10. The molecule has 0 aliphatic heterocycles. The van der Waals surface area contributed by atoms with Gasteiger partial charge in [-0.1, -0.05) is 62.2 Å². The zero-order chi connectivity index (χ0) is 22.1.